The van der Waals surface area contributed by atoms with E-state index in [4.69, 9.17) is 4.74 Å². The van der Waals surface area contributed by atoms with Gasteiger partial charge in [-0.3, -0.25) is 0 Å². The van der Waals surface area contributed by atoms with Crippen molar-refractivity contribution in [2.24, 2.45) is 0 Å². The van der Waals surface area contributed by atoms with Gasteiger partial charge in [0.15, 0.2) is 0 Å². The summed E-state index contributed by atoms with van der Waals surface area (Å²) in [7, 11) is 2.00. The van der Waals surface area contributed by atoms with Crippen LogP contribution >= 0.6 is 11.3 Å². The number of hydrogen-bond donors (Lipinski definition) is 1. The second-order valence-corrected chi connectivity index (χ2v) is 5.80. The molecule has 0 radical (unpaired) electrons. The molecule has 2 aliphatic rings. The number of rotatable bonds is 2. The molecule has 0 bridgehead atoms. The first-order valence-corrected chi connectivity index (χ1v) is 7.15. The summed E-state index contributed by atoms with van der Waals surface area (Å²) in [5, 5.41) is 5.47. The van der Waals surface area contributed by atoms with Crippen LogP contribution in [0.2, 0.25) is 0 Å². The van der Waals surface area contributed by atoms with E-state index in [1.807, 2.05) is 18.4 Å². The fourth-order valence-electron chi connectivity index (χ4n) is 3.09. The zero-order valence-electron chi connectivity index (χ0n) is 9.74. The van der Waals surface area contributed by atoms with E-state index in [1.54, 1.807) is 4.88 Å². The van der Waals surface area contributed by atoms with Gasteiger partial charge in [0.2, 0.25) is 0 Å². The topological polar surface area (TPSA) is 21.3 Å². The fraction of sp³-hybridized carbons (Fsp3) is 0.692. The first-order chi connectivity index (χ1) is 7.90. The molecule has 1 aliphatic carbocycles. The minimum atomic E-state index is 0.283. The first-order valence-electron chi connectivity index (χ1n) is 6.27. The van der Waals surface area contributed by atoms with Gasteiger partial charge in [-0.05, 0) is 36.9 Å². The lowest BCUT2D eigenvalue weighted by molar-refractivity contribution is -0.0541. The Kier molecular flexibility index (Phi) is 3.01. The van der Waals surface area contributed by atoms with Gasteiger partial charge >= 0.3 is 0 Å². The summed E-state index contributed by atoms with van der Waals surface area (Å²) >= 11 is 1.93. The highest BCUT2D eigenvalue weighted by Crippen LogP contribution is 2.46. The van der Waals surface area contributed by atoms with Crippen LogP contribution in [0, 0.1) is 0 Å². The van der Waals surface area contributed by atoms with Crippen LogP contribution in [-0.4, -0.2) is 19.7 Å². The van der Waals surface area contributed by atoms with Crippen molar-refractivity contribution in [3.05, 3.63) is 21.9 Å². The highest BCUT2D eigenvalue weighted by Gasteiger charge is 2.37. The molecule has 1 saturated carbocycles. The van der Waals surface area contributed by atoms with E-state index in [1.165, 1.54) is 31.2 Å². The van der Waals surface area contributed by atoms with E-state index in [0.717, 1.165) is 6.54 Å². The standard InChI is InChI=1S/C13H19NOS/c1-14-8-12-10-6-7-16-13(10)9-4-2-3-5-11(9)15-12/h6-7,9,11-12,14H,2-5,8H2,1H3/t9-,11-,12-/m0/s1. The summed E-state index contributed by atoms with van der Waals surface area (Å²) in [5.41, 5.74) is 1.45. The number of likely N-dealkylation sites (N-methyl/N-ethyl adjacent to an activating group) is 1. The highest BCUT2D eigenvalue weighted by atomic mass is 32.1. The van der Waals surface area contributed by atoms with E-state index < -0.39 is 0 Å². The van der Waals surface area contributed by atoms with Crippen molar-refractivity contribution in [1.82, 2.24) is 5.32 Å². The molecule has 3 rings (SSSR count). The minimum Gasteiger partial charge on any atom is -0.368 e. The van der Waals surface area contributed by atoms with Gasteiger partial charge in [-0.25, -0.2) is 0 Å². The lowest BCUT2D eigenvalue weighted by Crippen LogP contribution is -2.35. The van der Waals surface area contributed by atoms with Gasteiger partial charge < -0.3 is 10.1 Å². The van der Waals surface area contributed by atoms with Gasteiger partial charge in [0.1, 0.15) is 0 Å². The third kappa shape index (κ3) is 1.71. The molecule has 0 saturated heterocycles. The van der Waals surface area contributed by atoms with Gasteiger partial charge in [-0.2, -0.15) is 0 Å². The van der Waals surface area contributed by atoms with Crippen molar-refractivity contribution in [3.8, 4) is 0 Å². The van der Waals surface area contributed by atoms with Crippen molar-refractivity contribution in [3.63, 3.8) is 0 Å². The van der Waals surface area contributed by atoms with E-state index in [-0.39, 0.29) is 6.10 Å². The average molecular weight is 237 g/mol. The fourth-order valence-corrected chi connectivity index (χ4v) is 4.23. The summed E-state index contributed by atoms with van der Waals surface area (Å²) in [5.74, 6) is 0.692. The highest BCUT2D eigenvalue weighted by molar-refractivity contribution is 7.10. The molecule has 0 aromatic carbocycles. The Labute approximate surface area is 101 Å². The van der Waals surface area contributed by atoms with Crippen LogP contribution in [0.3, 0.4) is 0 Å². The minimum absolute atomic E-state index is 0.283. The SMILES string of the molecule is CNC[C@@H]1O[C@H]2CCCC[C@@H]2c2sccc21. The molecular weight excluding hydrogens is 218 g/mol. The third-order valence-electron chi connectivity index (χ3n) is 3.84. The smallest absolute Gasteiger partial charge is 0.0963 e. The summed E-state index contributed by atoms with van der Waals surface area (Å²) in [6.07, 6.45) is 6.06. The van der Waals surface area contributed by atoms with Crippen molar-refractivity contribution >= 4 is 11.3 Å². The Hall–Kier alpha value is -0.380. The van der Waals surface area contributed by atoms with Crippen molar-refractivity contribution < 1.29 is 4.74 Å². The molecule has 0 amide bonds. The second-order valence-electron chi connectivity index (χ2n) is 4.85. The maximum absolute atomic E-state index is 6.26. The van der Waals surface area contributed by atoms with Crippen LogP contribution in [0.1, 0.15) is 48.1 Å². The lowest BCUT2D eigenvalue weighted by Gasteiger charge is -2.39. The lowest BCUT2D eigenvalue weighted by atomic mass is 9.81. The normalized spacial score (nSPS) is 33.2. The van der Waals surface area contributed by atoms with Gasteiger partial charge in [0.25, 0.3) is 0 Å². The zero-order chi connectivity index (χ0) is 11.0. The predicted molar refractivity (Wildman–Crippen MR) is 67.1 cm³/mol. The number of thiophene rings is 1. The van der Waals surface area contributed by atoms with Crippen LogP contribution < -0.4 is 5.32 Å². The molecule has 2 nitrogen and oxygen atoms in total. The van der Waals surface area contributed by atoms with Crippen LogP contribution in [-0.2, 0) is 4.74 Å². The summed E-state index contributed by atoms with van der Waals surface area (Å²) in [6, 6.07) is 2.26. The first kappa shape index (κ1) is 10.8. The van der Waals surface area contributed by atoms with Gasteiger partial charge in [-0.15, -0.1) is 11.3 Å². The van der Waals surface area contributed by atoms with Gasteiger partial charge in [0.05, 0.1) is 12.2 Å². The maximum atomic E-state index is 6.26. The molecule has 0 spiro atoms. The van der Waals surface area contributed by atoms with Crippen molar-refractivity contribution in [2.45, 2.75) is 43.8 Å². The molecule has 1 aliphatic heterocycles. The number of hydrogen-bond acceptors (Lipinski definition) is 3. The number of fused-ring (bicyclic) bond motifs is 3. The molecule has 88 valence electrons. The largest absolute Gasteiger partial charge is 0.368 e. The molecule has 1 aromatic heterocycles. The summed E-state index contributed by atoms with van der Waals surface area (Å²) in [4.78, 5) is 1.61. The Balaban J connectivity index is 1.92. The monoisotopic (exact) mass is 237 g/mol. The molecule has 3 heteroatoms. The molecular formula is C13H19NOS. The number of nitrogens with one attached hydrogen (secondary N) is 1. The molecule has 1 fully saturated rings. The Morgan fingerprint density at radius 1 is 1.44 bits per heavy atom. The summed E-state index contributed by atoms with van der Waals surface area (Å²) in [6.45, 7) is 0.937. The van der Waals surface area contributed by atoms with E-state index in [2.05, 4.69) is 16.8 Å². The molecule has 16 heavy (non-hydrogen) atoms. The maximum Gasteiger partial charge on any atom is 0.0963 e. The Bertz CT molecular complexity index is 363. The predicted octanol–water partition coefficient (Wildman–Crippen LogP) is 3.07. The zero-order valence-corrected chi connectivity index (χ0v) is 10.6. The molecule has 0 unspecified atom stereocenters. The molecule has 2 heterocycles. The van der Waals surface area contributed by atoms with Gasteiger partial charge in [-0.1, -0.05) is 12.8 Å². The van der Waals surface area contributed by atoms with E-state index in [9.17, 15) is 0 Å². The van der Waals surface area contributed by atoms with Crippen LogP contribution in [0.15, 0.2) is 11.4 Å². The molecule has 3 atom stereocenters. The van der Waals surface area contributed by atoms with Crippen LogP contribution in [0.5, 0.6) is 0 Å². The third-order valence-corrected chi connectivity index (χ3v) is 4.91. The average Bonchev–Trinajstić information content (AvgIpc) is 2.79. The van der Waals surface area contributed by atoms with Gasteiger partial charge in [0, 0.05) is 17.3 Å². The van der Waals surface area contributed by atoms with Crippen molar-refractivity contribution in [2.75, 3.05) is 13.6 Å². The van der Waals surface area contributed by atoms with Crippen LogP contribution in [0.25, 0.3) is 0 Å². The van der Waals surface area contributed by atoms with Crippen LogP contribution in [0.4, 0.5) is 0 Å². The molecule has 1 N–H and O–H groups in total. The van der Waals surface area contributed by atoms with Crippen molar-refractivity contribution in [1.29, 1.82) is 0 Å². The Morgan fingerprint density at radius 2 is 2.31 bits per heavy atom. The van der Waals surface area contributed by atoms with E-state index in [0.29, 0.717) is 12.0 Å². The number of ether oxygens (including phenoxy) is 1. The second kappa shape index (κ2) is 4.47. The molecule has 1 aromatic rings. The van der Waals surface area contributed by atoms with E-state index >= 15 is 0 Å². The quantitative estimate of drug-likeness (QED) is 0.853. The Morgan fingerprint density at radius 3 is 3.19 bits per heavy atom. The summed E-state index contributed by atoms with van der Waals surface area (Å²) < 4.78 is 6.26.